The molecule has 0 atom stereocenters. The standard InChI is InChI=1S/C24H28F3N3/c1-3-4-11-30-12-8-17(9-13-30)18-5-6-21-20(14-18)16(2)23(29-21)19-7-10-28-22(15-19)24(25,26)27/h5-7,10,14-15,17,29H,3-4,8-9,11-13H2,1-2H3. The molecule has 160 valence electrons. The van der Waals surface area contributed by atoms with Gasteiger partial charge in [-0.15, -0.1) is 0 Å². The molecule has 1 fully saturated rings. The van der Waals surface area contributed by atoms with E-state index in [9.17, 15) is 13.2 Å². The Kier molecular flexibility index (Phi) is 5.87. The maximum absolute atomic E-state index is 13.1. The molecule has 0 amide bonds. The van der Waals surface area contributed by atoms with Crippen molar-refractivity contribution in [2.45, 2.75) is 51.6 Å². The first-order valence-corrected chi connectivity index (χ1v) is 10.7. The van der Waals surface area contributed by atoms with Gasteiger partial charge in [-0.1, -0.05) is 19.4 Å². The number of alkyl halides is 3. The minimum absolute atomic E-state index is 0.511. The lowest BCUT2D eigenvalue weighted by atomic mass is 9.88. The number of H-pyrrole nitrogens is 1. The minimum Gasteiger partial charge on any atom is -0.354 e. The van der Waals surface area contributed by atoms with E-state index >= 15 is 0 Å². The Morgan fingerprint density at radius 1 is 1.13 bits per heavy atom. The number of piperidine rings is 1. The van der Waals surface area contributed by atoms with Gasteiger partial charge in [0, 0.05) is 28.4 Å². The Hall–Kier alpha value is -2.34. The fourth-order valence-corrected chi connectivity index (χ4v) is 4.50. The van der Waals surface area contributed by atoms with Crippen LogP contribution in [0.3, 0.4) is 0 Å². The Bertz CT molecular complexity index is 1010. The van der Waals surface area contributed by atoms with E-state index in [4.69, 9.17) is 0 Å². The van der Waals surface area contributed by atoms with Crippen molar-refractivity contribution in [2.75, 3.05) is 19.6 Å². The zero-order valence-corrected chi connectivity index (χ0v) is 17.5. The molecular formula is C24H28F3N3. The van der Waals surface area contributed by atoms with Crippen LogP contribution >= 0.6 is 0 Å². The van der Waals surface area contributed by atoms with Gasteiger partial charge in [-0.2, -0.15) is 13.2 Å². The fourth-order valence-electron chi connectivity index (χ4n) is 4.50. The smallest absolute Gasteiger partial charge is 0.354 e. The average molecular weight is 416 g/mol. The van der Waals surface area contributed by atoms with Gasteiger partial charge in [-0.05, 0) is 87.1 Å². The number of fused-ring (bicyclic) bond motifs is 1. The van der Waals surface area contributed by atoms with Crippen molar-refractivity contribution < 1.29 is 13.2 Å². The molecule has 3 aromatic rings. The maximum Gasteiger partial charge on any atom is 0.433 e. The van der Waals surface area contributed by atoms with Gasteiger partial charge >= 0.3 is 6.18 Å². The number of nitrogens with one attached hydrogen (secondary N) is 1. The lowest BCUT2D eigenvalue weighted by molar-refractivity contribution is -0.141. The maximum atomic E-state index is 13.1. The van der Waals surface area contributed by atoms with Crippen LogP contribution in [0.5, 0.6) is 0 Å². The number of aromatic nitrogens is 2. The second-order valence-electron chi connectivity index (χ2n) is 8.33. The number of hydrogen-bond acceptors (Lipinski definition) is 2. The fraction of sp³-hybridized carbons (Fsp3) is 0.458. The van der Waals surface area contributed by atoms with Crippen LogP contribution in [0.4, 0.5) is 13.2 Å². The number of likely N-dealkylation sites (tertiary alicyclic amines) is 1. The molecule has 3 nitrogen and oxygen atoms in total. The first kappa shape index (κ1) is 20.9. The monoisotopic (exact) mass is 415 g/mol. The summed E-state index contributed by atoms with van der Waals surface area (Å²) in [7, 11) is 0. The second-order valence-corrected chi connectivity index (χ2v) is 8.33. The van der Waals surface area contributed by atoms with E-state index < -0.39 is 11.9 Å². The summed E-state index contributed by atoms with van der Waals surface area (Å²) in [4.78, 5) is 9.35. The Morgan fingerprint density at radius 3 is 2.60 bits per heavy atom. The number of rotatable bonds is 5. The molecule has 1 saturated heterocycles. The van der Waals surface area contributed by atoms with E-state index in [1.807, 2.05) is 6.92 Å². The third-order valence-corrected chi connectivity index (χ3v) is 6.31. The normalized spacial score (nSPS) is 16.4. The van der Waals surface area contributed by atoms with Gasteiger partial charge < -0.3 is 9.88 Å². The molecule has 0 unspecified atom stereocenters. The van der Waals surface area contributed by atoms with Crippen LogP contribution in [0.15, 0.2) is 36.5 Å². The predicted molar refractivity (Wildman–Crippen MR) is 115 cm³/mol. The van der Waals surface area contributed by atoms with Crippen molar-refractivity contribution in [3.63, 3.8) is 0 Å². The molecule has 0 radical (unpaired) electrons. The highest BCUT2D eigenvalue weighted by Gasteiger charge is 2.32. The number of aromatic amines is 1. The summed E-state index contributed by atoms with van der Waals surface area (Å²) >= 11 is 0. The molecule has 4 rings (SSSR count). The number of aryl methyl sites for hydroxylation is 1. The second kappa shape index (κ2) is 8.42. The molecule has 0 aliphatic carbocycles. The van der Waals surface area contributed by atoms with Crippen LogP contribution in [-0.2, 0) is 6.18 Å². The first-order chi connectivity index (χ1) is 14.4. The summed E-state index contributed by atoms with van der Waals surface area (Å²) in [5, 5.41) is 1.08. The van der Waals surface area contributed by atoms with Crippen molar-refractivity contribution in [3.8, 4) is 11.3 Å². The zero-order chi connectivity index (χ0) is 21.3. The largest absolute Gasteiger partial charge is 0.433 e. The third kappa shape index (κ3) is 4.24. The summed E-state index contributed by atoms with van der Waals surface area (Å²) < 4.78 is 39.2. The Morgan fingerprint density at radius 2 is 1.90 bits per heavy atom. The van der Waals surface area contributed by atoms with Crippen molar-refractivity contribution >= 4 is 10.9 Å². The molecule has 0 spiro atoms. The molecular weight excluding hydrogens is 387 g/mol. The zero-order valence-electron chi connectivity index (χ0n) is 17.5. The molecule has 0 saturated carbocycles. The number of unbranched alkanes of at least 4 members (excludes halogenated alkanes) is 1. The van der Waals surface area contributed by atoms with Gasteiger partial charge in [0.25, 0.3) is 0 Å². The Labute approximate surface area is 175 Å². The SMILES string of the molecule is CCCCN1CCC(c2ccc3[nH]c(-c4ccnc(C(F)(F)F)c4)c(C)c3c2)CC1. The highest BCUT2D eigenvalue weighted by atomic mass is 19.4. The molecule has 1 aliphatic rings. The van der Waals surface area contributed by atoms with Crippen LogP contribution in [0.2, 0.25) is 0 Å². The van der Waals surface area contributed by atoms with Gasteiger partial charge in [0.1, 0.15) is 5.69 Å². The third-order valence-electron chi connectivity index (χ3n) is 6.31. The molecule has 1 aliphatic heterocycles. The summed E-state index contributed by atoms with van der Waals surface area (Å²) in [5.41, 5.74) is 3.63. The molecule has 30 heavy (non-hydrogen) atoms. The van der Waals surface area contributed by atoms with Gasteiger partial charge in [-0.3, -0.25) is 4.98 Å². The summed E-state index contributed by atoms with van der Waals surface area (Å²) in [5.74, 6) is 0.544. The summed E-state index contributed by atoms with van der Waals surface area (Å²) in [6.07, 6.45) is 1.58. The van der Waals surface area contributed by atoms with Gasteiger partial charge in [0.2, 0.25) is 0 Å². The van der Waals surface area contributed by atoms with Gasteiger partial charge in [0.05, 0.1) is 0 Å². The Balaban J connectivity index is 1.59. The number of benzene rings is 1. The van der Waals surface area contributed by atoms with E-state index in [2.05, 4.69) is 40.0 Å². The van der Waals surface area contributed by atoms with Crippen LogP contribution in [0.25, 0.3) is 22.2 Å². The molecule has 0 bridgehead atoms. The van der Waals surface area contributed by atoms with Crippen molar-refractivity contribution in [3.05, 3.63) is 53.3 Å². The van der Waals surface area contributed by atoms with Crippen LogP contribution in [-0.4, -0.2) is 34.5 Å². The van der Waals surface area contributed by atoms with Gasteiger partial charge in [0.15, 0.2) is 0 Å². The number of halogens is 3. The summed E-state index contributed by atoms with van der Waals surface area (Å²) in [6.45, 7) is 7.66. The van der Waals surface area contributed by atoms with E-state index in [-0.39, 0.29) is 0 Å². The lowest BCUT2D eigenvalue weighted by Crippen LogP contribution is -2.33. The van der Waals surface area contributed by atoms with Gasteiger partial charge in [-0.25, -0.2) is 0 Å². The lowest BCUT2D eigenvalue weighted by Gasteiger charge is -2.32. The van der Waals surface area contributed by atoms with E-state index in [0.717, 1.165) is 54.2 Å². The highest BCUT2D eigenvalue weighted by Crippen LogP contribution is 2.36. The van der Waals surface area contributed by atoms with Crippen molar-refractivity contribution in [2.24, 2.45) is 0 Å². The molecule has 6 heteroatoms. The number of hydrogen-bond donors (Lipinski definition) is 1. The number of nitrogens with zero attached hydrogens (tertiary/aromatic N) is 2. The molecule has 1 N–H and O–H groups in total. The minimum atomic E-state index is -4.45. The van der Waals surface area contributed by atoms with Crippen LogP contribution in [0, 0.1) is 6.92 Å². The van der Waals surface area contributed by atoms with Crippen LogP contribution < -0.4 is 0 Å². The number of pyridine rings is 1. The van der Waals surface area contributed by atoms with Crippen LogP contribution in [0.1, 0.15) is 55.3 Å². The van der Waals surface area contributed by atoms with E-state index in [1.54, 1.807) is 6.07 Å². The van der Waals surface area contributed by atoms with E-state index in [0.29, 0.717) is 11.5 Å². The quantitative estimate of drug-likeness (QED) is 0.513. The van der Waals surface area contributed by atoms with E-state index in [1.165, 1.54) is 31.1 Å². The summed E-state index contributed by atoms with van der Waals surface area (Å²) in [6, 6.07) is 9.20. The molecule has 3 heterocycles. The topological polar surface area (TPSA) is 31.9 Å². The highest BCUT2D eigenvalue weighted by molar-refractivity contribution is 5.91. The first-order valence-electron chi connectivity index (χ1n) is 10.7. The molecule has 1 aromatic carbocycles. The average Bonchev–Trinajstić information content (AvgIpc) is 3.08. The predicted octanol–water partition coefficient (Wildman–Crippen LogP) is 6.54. The van der Waals surface area contributed by atoms with Crippen molar-refractivity contribution in [1.82, 2.24) is 14.9 Å². The van der Waals surface area contributed by atoms with Crippen molar-refractivity contribution in [1.29, 1.82) is 0 Å². The molecule has 2 aromatic heterocycles.